The summed E-state index contributed by atoms with van der Waals surface area (Å²) in [6, 6.07) is 0.134. The summed E-state index contributed by atoms with van der Waals surface area (Å²) in [6.07, 6.45) is 18.1. The molecule has 8 aliphatic rings. The molecule has 2 aliphatic heterocycles. The third-order valence-electron chi connectivity index (χ3n) is 12.8. The topological polar surface area (TPSA) is 74.8 Å². The molecule has 0 aromatic rings. The van der Waals surface area contributed by atoms with Crippen LogP contribution >= 0.6 is 0 Å². The molecule has 208 valence electrons. The lowest BCUT2D eigenvalue weighted by atomic mass is 9.70. The monoisotopic (exact) mass is 530 g/mol. The van der Waals surface area contributed by atoms with Crippen molar-refractivity contribution in [2.24, 2.45) is 71.0 Å². The number of carbonyl (C=O) groups excluding carboxylic acids is 4. The number of allylic oxidation sites excluding steroid dienone is 4. The summed E-state index contributed by atoms with van der Waals surface area (Å²) in [7, 11) is 0. The van der Waals surface area contributed by atoms with Gasteiger partial charge in [0.1, 0.15) is 0 Å². The van der Waals surface area contributed by atoms with Crippen LogP contribution in [0.5, 0.6) is 0 Å². The Balaban J connectivity index is 0.874. The SMILES string of the molecule is CC1CC(CC2CCC(N3C(=O)C4C(C3=O)[C@H]3C=C[C@@H]4C3)C(C)C2)CCC1N1C(=O)C2C(C1=O)[C@H]1C=C[C@@H]2C1. The zero-order chi connectivity index (χ0) is 26.7. The number of nitrogens with zero attached hydrogens (tertiary/aromatic N) is 2. The van der Waals surface area contributed by atoms with Gasteiger partial charge in [-0.3, -0.25) is 29.0 Å². The van der Waals surface area contributed by atoms with Gasteiger partial charge in [-0.1, -0.05) is 38.2 Å². The van der Waals surface area contributed by atoms with Gasteiger partial charge in [-0.2, -0.15) is 0 Å². The molecule has 0 aromatic carbocycles. The van der Waals surface area contributed by atoms with Gasteiger partial charge in [-0.25, -0.2) is 0 Å². The summed E-state index contributed by atoms with van der Waals surface area (Å²) in [5.41, 5.74) is 0. The highest BCUT2D eigenvalue weighted by molar-refractivity contribution is 6.07. The van der Waals surface area contributed by atoms with Gasteiger partial charge in [-0.05, 0) is 105 Å². The van der Waals surface area contributed by atoms with Crippen molar-refractivity contribution in [3.05, 3.63) is 24.3 Å². The molecule has 39 heavy (non-hydrogen) atoms. The normalized spacial score (nSPS) is 51.5. The summed E-state index contributed by atoms with van der Waals surface area (Å²) in [4.78, 5) is 56.9. The minimum Gasteiger partial charge on any atom is -0.279 e. The van der Waals surface area contributed by atoms with Crippen LogP contribution in [-0.2, 0) is 19.2 Å². The third kappa shape index (κ3) is 3.38. The van der Waals surface area contributed by atoms with E-state index in [9.17, 15) is 19.2 Å². The maximum absolute atomic E-state index is 13.4. The van der Waals surface area contributed by atoms with E-state index in [1.54, 1.807) is 9.80 Å². The van der Waals surface area contributed by atoms with E-state index in [0.717, 1.165) is 51.4 Å². The second-order valence-electron chi connectivity index (χ2n) is 14.8. The number of hydrogen-bond donors (Lipinski definition) is 0. The highest BCUT2D eigenvalue weighted by atomic mass is 16.2. The van der Waals surface area contributed by atoms with Crippen molar-refractivity contribution in [1.82, 2.24) is 9.80 Å². The van der Waals surface area contributed by atoms with Crippen molar-refractivity contribution >= 4 is 23.6 Å². The molecule has 0 radical (unpaired) electrons. The van der Waals surface area contributed by atoms with Crippen LogP contribution in [0.3, 0.4) is 0 Å². The highest BCUT2D eigenvalue weighted by Gasteiger charge is 2.62. The number of rotatable bonds is 4. The van der Waals surface area contributed by atoms with Gasteiger partial charge in [0.25, 0.3) is 0 Å². The summed E-state index contributed by atoms with van der Waals surface area (Å²) in [6.45, 7) is 4.50. The second kappa shape index (κ2) is 8.63. The Labute approximate surface area is 231 Å². The van der Waals surface area contributed by atoms with E-state index in [1.165, 1.54) is 6.42 Å². The van der Waals surface area contributed by atoms with Crippen molar-refractivity contribution in [1.29, 1.82) is 0 Å². The summed E-state index contributed by atoms with van der Waals surface area (Å²) < 4.78 is 0. The molecule has 4 saturated carbocycles. The van der Waals surface area contributed by atoms with Crippen LogP contribution in [-0.4, -0.2) is 45.5 Å². The molecule has 4 amide bonds. The number of amides is 4. The number of hydrogen-bond acceptors (Lipinski definition) is 4. The van der Waals surface area contributed by atoms with Crippen molar-refractivity contribution < 1.29 is 19.2 Å². The van der Waals surface area contributed by atoms with Crippen LogP contribution in [0.15, 0.2) is 24.3 Å². The molecule has 6 nitrogen and oxygen atoms in total. The van der Waals surface area contributed by atoms with Gasteiger partial charge >= 0.3 is 0 Å². The molecule has 6 fully saturated rings. The minimum absolute atomic E-state index is 0.0670. The molecule has 14 atom stereocenters. The Morgan fingerprint density at radius 1 is 0.538 bits per heavy atom. The molecule has 4 bridgehead atoms. The summed E-state index contributed by atoms with van der Waals surface area (Å²) in [5.74, 6) is 3.18. The Kier molecular flexibility index (Phi) is 5.43. The van der Waals surface area contributed by atoms with Crippen LogP contribution in [0.4, 0.5) is 0 Å². The molecular weight excluding hydrogens is 488 g/mol. The van der Waals surface area contributed by atoms with E-state index in [0.29, 0.717) is 23.7 Å². The Morgan fingerprint density at radius 3 is 1.18 bits per heavy atom. The van der Waals surface area contributed by atoms with E-state index >= 15 is 0 Å². The van der Waals surface area contributed by atoms with Gasteiger partial charge in [-0.15, -0.1) is 0 Å². The molecular formula is C33H42N2O4. The quantitative estimate of drug-likeness (QED) is 0.393. The number of imide groups is 2. The van der Waals surface area contributed by atoms with E-state index in [1.807, 2.05) is 0 Å². The molecule has 0 spiro atoms. The van der Waals surface area contributed by atoms with Gasteiger partial charge in [0.05, 0.1) is 23.7 Å². The molecule has 10 unspecified atom stereocenters. The predicted molar refractivity (Wildman–Crippen MR) is 144 cm³/mol. The van der Waals surface area contributed by atoms with Gasteiger partial charge < -0.3 is 0 Å². The standard InChI is InChI=1S/C33H42N2O4/c1-16-11-18(3-9-24(16)34-30(36)26-20-5-6-21(14-20)27(26)31(34)37)13-19-4-10-25(17(2)12-19)35-32(38)28-22-7-8-23(15-22)29(28)33(35)39/h5-8,16-29H,3-4,9-15H2,1-2H3/t16?,17?,18?,19?,20-,21+,22-,23+,24?,25?,26?,27?,28?,29?. The number of carbonyl (C=O) groups is 4. The third-order valence-corrected chi connectivity index (χ3v) is 12.8. The Bertz CT molecular complexity index is 1040. The fourth-order valence-corrected chi connectivity index (χ4v) is 11.2. The first-order chi connectivity index (χ1) is 18.8. The molecule has 2 heterocycles. The average Bonchev–Trinajstić information content (AvgIpc) is 3.74. The summed E-state index contributed by atoms with van der Waals surface area (Å²) in [5, 5.41) is 0. The highest BCUT2D eigenvalue weighted by Crippen LogP contribution is 2.55. The maximum atomic E-state index is 13.4. The van der Waals surface area contributed by atoms with Crippen molar-refractivity contribution in [2.75, 3.05) is 0 Å². The predicted octanol–water partition coefficient (Wildman–Crippen LogP) is 4.60. The second-order valence-corrected chi connectivity index (χ2v) is 14.8. The van der Waals surface area contributed by atoms with E-state index in [4.69, 9.17) is 0 Å². The van der Waals surface area contributed by atoms with Crippen LogP contribution in [0.1, 0.15) is 71.6 Å². The average molecular weight is 531 g/mol. The zero-order valence-corrected chi connectivity index (χ0v) is 23.3. The first-order valence-corrected chi connectivity index (χ1v) is 15.9. The number of likely N-dealkylation sites (tertiary alicyclic amines) is 2. The van der Waals surface area contributed by atoms with Crippen LogP contribution in [0.25, 0.3) is 0 Å². The molecule has 8 rings (SSSR count). The van der Waals surface area contributed by atoms with Gasteiger partial charge in [0, 0.05) is 12.1 Å². The Morgan fingerprint density at radius 2 is 0.872 bits per heavy atom. The van der Waals surface area contributed by atoms with Crippen LogP contribution in [0.2, 0.25) is 0 Å². The molecule has 6 aliphatic carbocycles. The first-order valence-electron chi connectivity index (χ1n) is 15.9. The van der Waals surface area contributed by atoms with Crippen LogP contribution in [0, 0.1) is 71.0 Å². The van der Waals surface area contributed by atoms with Crippen LogP contribution < -0.4 is 0 Å². The van der Waals surface area contributed by atoms with E-state index < -0.39 is 0 Å². The van der Waals surface area contributed by atoms with Gasteiger partial charge in [0.15, 0.2) is 0 Å². The van der Waals surface area contributed by atoms with Crippen molar-refractivity contribution in [3.63, 3.8) is 0 Å². The fourth-order valence-electron chi connectivity index (χ4n) is 11.2. The first kappa shape index (κ1) is 24.5. The lowest BCUT2D eigenvalue weighted by molar-refractivity contribution is -0.147. The zero-order valence-electron chi connectivity index (χ0n) is 23.3. The lowest BCUT2D eigenvalue weighted by Gasteiger charge is -2.42. The molecule has 0 aromatic heterocycles. The van der Waals surface area contributed by atoms with E-state index in [2.05, 4.69) is 38.2 Å². The summed E-state index contributed by atoms with van der Waals surface area (Å²) >= 11 is 0. The molecule has 0 N–H and O–H groups in total. The van der Waals surface area contributed by atoms with Crippen molar-refractivity contribution in [2.45, 2.75) is 83.7 Å². The lowest BCUT2D eigenvalue weighted by Crippen LogP contribution is -2.48. The molecule has 2 saturated heterocycles. The van der Waals surface area contributed by atoms with Crippen molar-refractivity contribution in [3.8, 4) is 0 Å². The largest absolute Gasteiger partial charge is 0.279 e. The smallest absolute Gasteiger partial charge is 0.233 e. The number of fused-ring (bicyclic) bond motifs is 10. The van der Waals surface area contributed by atoms with E-state index in [-0.39, 0.29) is 83.1 Å². The fraction of sp³-hybridized carbons (Fsp3) is 0.758. The maximum Gasteiger partial charge on any atom is 0.233 e. The van der Waals surface area contributed by atoms with Gasteiger partial charge in [0.2, 0.25) is 23.6 Å². The molecule has 6 heteroatoms. The Hall–Kier alpha value is -2.24. The minimum atomic E-state index is -0.0885.